The molecule has 5 heteroatoms. The predicted molar refractivity (Wildman–Crippen MR) is 58.6 cm³/mol. The van der Waals surface area contributed by atoms with Crippen LogP contribution in [0.25, 0.3) is 10.9 Å². The summed E-state index contributed by atoms with van der Waals surface area (Å²) in [6.45, 7) is 1.35. The third kappa shape index (κ3) is 1.42. The fourth-order valence-corrected chi connectivity index (χ4v) is 1.91. The number of nitrogens with zero attached hydrogens (tertiary/aromatic N) is 1. The first-order chi connectivity index (χ1) is 7.56. The Labute approximate surface area is 95.4 Å². The summed E-state index contributed by atoms with van der Waals surface area (Å²) in [5.74, 6) is -0.876. The molecule has 3 nitrogen and oxygen atoms in total. The Kier molecular flexibility index (Phi) is 2.52. The summed E-state index contributed by atoms with van der Waals surface area (Å²) >= 11 is 5.77. The van der Waals surface area contributed by atoms with Crippen LogP contribution in [0.5, 0.6) is 0 Å². The van der Waals surface area contributed by atoms with Gasteiger partial charge in [-0.2, -0.15) is 0 Å². The molecule has 2 aromatic rings. The molecule has 16 heavy (non-hydrogen) atoms. The number of aromatic nitrogens is 1. The van der Waals surface area contributed by atoms with Gasteiger partial charge in [-0.1, -0.05) is 11.6 Å². The van der Waals surface area contributed by atoms with E-state index in [1.807, 2.05) is 0 Å². The maximum absolute atomic E-state index is 13.2. The number of hydrogen-bond donors (Lipinski definition) is 0. The Morgan fingerprint density at radius 3 is 2.75 bits per heavy atom. The molecule has 1 aromatic heterocycles. The van der Waals surface area contributed by atoms with Gasteiger partial charge in [-0.15, -0.1) is 0 Å². The van der Waals surface area contributed by atoms with E-state index in [1.165, 1.54) is 29.8 Å². The van der Waals surface area contributed by atoms with E-state index in [4.69, 9.17) is 11.6 Å². The zero-order valence-electron chi connectivity index (χ0n) is 8.33. The van der Waals surface area contributed by atoms with E-state index >= 15 is 0 Å². The number of hydrogen-bond acceptors (Lipinski definition) is 2. The summed E-state index contributed by atoms with van der Waals surface area (Å²) in [4.78, 5) is 22.1. The molecule has 2 rings (SSSR count). The maximum Gasteiger partial charge on any atom is 0.227 e. The van der Waals surface area contributed by atoms with E-state index in [1.54, 1.807) is 0 Å². The Morgan fingerprint density at radius 1 is 1.50 bits per heavy atom. The van der Waals surface area contributed by atoms with Crippen molar-refractivity contribution in [2.75, 3.05) is 0 Å². The summed E-state index contributed by atoms with van der Waals surface area (Å²) in [5.41, 5.74) is 0.635. The van der Waals surface area contributed by atoms with Crippen molar-refractivity contribution in [3.8, 4) is 0 Å². The van der Waals surface area contributed by atoms with Crippen molar-refractivity contribution in [3.63, 3.8) is 0 Å². The highest BCUT2D eigenvalue weighted by atomic mass is 35.5. The second kappa shape index (κ2) is 3.72. The quantitative estimate of drug-likeness (QED) is 0.718. The summed E-state index contributed by atoms with van der Waals surface area (Å²) in [6, 6.07) is 2.59. The number of halogens is 2. The third-order valence-electron chi connectivity index (χ3n) is 2.36. The van der Waals surface area contributed by atoms with Gasteiger partial charge in [0.2, 0.25) is 5.91 Å². The van der Waals surface area contributed by atoms with Crippen LogP contribution >= 0.6 is 11.6 Å². The topological polar surface area (TPSA) is 39.1 Å². The molecule has 0 N–H and O–H groups in total. The zero-order valence-corrected chi connectivity index (χ0v) is 9.08. The van der Waals surface area contributed by atoms with Crippen molar-refractivity contribution >= 4 is 34.7 Å². The van der Waals surface area contributed by atoms with E-state index in [9.17, 15) is 14.0 Å². The van der Waals surface area contributed by atoms with Gasteiger partial charge in [0.1, 0.15) is 5.82 Å². The van der Waals surface area contributed by atoms with Gasteiger partial charge in [-0.05, 0) is 12.1 Å². The molecule has 0 aliphatic carbocycles. The van der Waals surface area contributed by atoms with Crippen molar-refractivity contribution in [2.45, 2.75) is 6.92 Å². The molecule has 0 bridgehead atoms. The van der Waals surface area contributed by atoms with Gasteiger partial charge in [-0.3, -0.25) is 14.2 Å². The summed E-state index contributed by atoms with van der Waals surface area (Å²) in [6.07, 6.45) is 1.90. The first kappa shape index (κ1) is 10.8. The fraction of sp³-hybridized carbons (Fsp3) is 0.0909. The lowest BCUT2D eigenvalue weighted by Crippen LogP contribution is -2.02. The highest BCUT2D eigenvalue weighted by Crippen LogP contribution is 2.30. The minimum atomic E-state index is -0.612. The van der Waals surface area contributed by atoms with E-state index in [-0.39, 0.29) is 21.9 Å². The van der Waals surface area contributed by atoms with Crippen LogP contribution in [0.3, 0.4) is 0 Å². The fourth-order valence-electron chi connectivity index (χ4n) is 1.64. The number of benzene rings is 1. The van der Waals surface area contributed by atoms with Crippen LogP contribution < -0.4 is 0 Å². The second-order valence-corrected chi connectivity index (χ2v) is 3.72. The molecule has 0 radical (unpaired) electrons. The second-order valence-electron chi connectivity index (χ2n) is 3.35. The molecule has 0 spiro atoms. The smallest absolute Gasteiger partial charge is 0.227 e. The highest BCUT2D eigenvalue weighted by Gasteiger charge is 2.15. The Hall–Kier alpha value is -1.68. The molecule has 0 saturated heterocycles. The number of aldehydes is 1. The average molecular weight is 240 g/mol. The van der Waals surface area contributed by atoms with Crippen LogP contribution in [-0.2, 0) is 0 Å². The van der Waals surface area contributed by atoms with Crippen molar-refractivity contribution in [2.24, 2.45) is 0 Å². The van der Waals surface area contributed by atoms with Crippen LogP contribution in [0, 0.1) is 5.82 Å². The van der Waals surface area contributed by atoms with Gasteiger partial charge in [0.15, 0.2) is 6.29 Å². The highest BCUT2D eigenvalue weighted by molar-refractivity contribution is 6.36. The van der Waals surface area contributed by atoms with Gasteiger partial charge in [0.05, 0.1) is 10.5 Å². The normalized spacial score (nSPS) is 10.7. The molecule has 0 aliphatic rings. The monoisotopic (exact) mass is 239 g/mol. The van der Waals surface area contributed by atoms with Gasteiger partial charge in [-0.25, -0.2) is 4.39 Å². The van der Waals surface area contributed by atoms with Gasteiger partial charge >= 0.3 is 0 Å². The van der Waals surface area contributed by atoms with E-state index in [0.29, 0.717) is 11.8 Å². The number of carbonyl (C=O) groups is 2. The zero-order chi connectivity index (χ0) is 11.9. The predicted octanol–water partition coefficient (Wildman–Crippen LogP) is 2.91. The molecule has 0 amide bonds. The summed E-state index contributed by atoms with van der Waals surface area (Å²) in [5, 5.41) is 0.131. The molecule has 82 valence electrons. The van der Waals surface area contributed by atoms with Crippen molar-refractivity contribution in [3.05, 3.63) is 34.7 Å². The minimum Gasteiger partial charge on any atom is -0.298 e. The Bertz CT molecular complexity index is 604. The molecule has 0 saturated carbocycles. The lowest BCUT2D eigenvalue weighted by atomic mass is 10.2. The van der Waals surface area contributed by atoms with Crippen LogP contribution in [-0.4, -0.2) is 16.8 Å². The standard InChI is InChI=1S/C11H7ClFNO2/c1-6(16)14-4-7(5-15)10-9(14)3-2-8(13)11(10)12/h2-5H,1H3. The number of fused-ring (bicyclic) bond motifs is 1. The Balaban J connectivity index is 2.95. The van der Waals surface area contributed by atoms with Gasteiger partial charge < -0.3 is 0 Å². The van der Waals surface area contributed by atoms with Crippen molar-refractivity contribution < 1.29 is 14.0 Å². The van der Waals surface area contributed by atoms with Crippen molar-refractivity contribution in [1.82, 2.24) is 4.57 Å². The molecule has 0 unspecified atom stereocenters. The van der Waals surface area contributed by atoms with Crippen molar-refractivity contribution in [1.29, 1.82) is 0 Å². The lowest BCUT2D eigenvalue weighted by molar-refractivity contribution is 0.0941. The van der Waals surface area contributed by atoms with Crippen LogP contribution in [0.2, 0.25) is 5.02 Å². The largest absolute Gasteiger partial charge is 0.298 e. The van der Waals surface area contributed by atoms with Gasteiger partial charge in [0.25, 0.3) is 0 Å². The molecule has 0 fully saturated rings. The lowest BCUT2D eigenvalue weighted by Gasteiger charge is -2.00. The first-order valence-electron chi connectivity index (χ1n) is 4.51. The molecule has 1 heterocycles. The average Bonchev–Trinajstić information content (AvgIpc) is 2.62. The SMILES string of the molecule is CC(=O)n1cc(C=O)c2c(Cl)c(F)ccc21. The molecule has 0 atom stereocenters. The first-order valence-corrected chi connectivity index (χ1v) is 4.89. The summed E-state index contributed by atoms with van der Waals surface area (Å²) in [7, 11) is 0. The van der Waals surface area contributed by atoms with E-state index < -0.39 is 5.82 Å². The van der Waals surface area contributed by atoms with Crippen LogP contribution in [0.1, 0.15) is 22.1 Å². The summed E-state index contributed by atoms with van der Waals surface area (Å²) < 4.78 is 14.5. The maximum atomic E-state index is 13.2. The van der Waals surface area contributed by atoms with E-state index in [0.717, 1.165) is 0 Å². The third-order valence-corrected chi connectivity index (χ3v) is 2.72. The molecule has 1 aromatic carbocycles. The molecular formula is C11H7ClFNO2. The Morgan fingerprint density at radius 2 is 2.19 bits per heavy atom. The molecule has 0 aliphatic heterocycles. The number of carbonyl (C=O) groups excluding carboxylic acids is 2. The number of rotatable bonds is 1. The van der Waals surface area contributed by atoms with E-state index in [2.05, 4.69) is 0 Å². The minimum absolute atomic E-state index is 0.139. The van der Waals surface area contributed by atoms with Crippen LogP contribution in [0.4, 0.5) is 4.39 Å². The van der Waals surface area contributed by atoms with Gasteiger partial charge in [0, 0.05) is 24.1 Å². The molecular weight excluding hydrogens is 233 g/mol. The van der Waals surface area contributed by atoms with Crippen LogP contribution in [0.15, 0.2) is 18.3 Å².